The number of amides is 1. The molecular formula is C17H23N5OS. The highest BCUT2D eigenvalue weighted by Gasteiger charge is 2.24. The van der Waals surface area contributed by atoms with Crippen LogP contribution in [0.25, 0.3) is 0 Å². The lowest BCUT2D eigenvalue weighted by atomic mass is 10.1. The molecule has 0 bridgehead atoms. The van der Waals surface area contributed by atoms with Crippen LogP contribution in [0.15, 0.2) is 18.2 Å². The van der Waals surface area contributed by atoms with Crippen molar-refractivity contribution in [2.75, 3.05) is 18.0 Å². The minimum absolute atomic E-state index is 0.0440. The van der Waals surface area contributed by atoms with Crippen molar-refractivity contribution < 1.29 is 4.79 Å². The molecule has 1 aliphatic heterocycles. The Labute approximate surface area is 146 Å². The standard InChI is InChI=1S/C17H23N5OS/c1-3-6-14-16(24-21-20-14)17(23)19-13-8-5-10-22(11-13)15-9-4-7-12(2)18-15/h4,7,9,13H,3,5-6,8,10-11H2,1-2H3,(H,19,23)/t13-/m0/s1. The number of piperidine rings is 1. The highest BCUT2D eigenvalue weighted by molar-refractivity contribution is 7.08. The van der Waals surface area contributed by atoms with Gasteiger partial charge in [-0.3, -0.25) is 4.79 Å². The van der Waals surface area contributed by atoms with Crippen LogP contribution in [-0.4, -0.2) is 39.6 Å². The molecule has 1 aliphatic rings. The summed E-state index contributed by atoms with van der Waals surface area (Å²) in [6, 6.07) is 6.19. The number of nitrogens with one attached hydrogen (secondary N) is 1. The summed E-state index contributed by atoms with van der Waals surface area (Å²) >= 11 is 1.19. The molecule has 1 saturated heterocycles. The van der Waals surface area contributed by atoms with Crippen LogP contribution in [0, 0.1) is 6.92 Å². The van der Waals surface area contributed by atoms with E-state index in [1.807, 2.05) is 25.1 Å². The van der Waals surface area contributed by atoms with Gasteiger partial charge >= 0.3 is 0 Å². The Kier molecular flexibility index (Phi) is 5.40. The van der Waals surface area contributed by atoms with Crippen molar-refractivity contribution in [3.8, 4) is 0 Å². The Morgan fingerprint density at radius 2 is 2.33 bits per heavy atom. The fourth-order valence-corrected chi connectivity index (χ4v) is 3.65. The van der Waals surface area contributed by atoms with Gasteiger partial charge in [0.15, 0.2) is 0 Å². The molecule has 2 aromatic rings. The summed E-state index contributed by atoms with van der Waals surface area (Å²) in [6.07, 6.45) is 3.79. The predicted molar refractivity (Wildman–Crippen MR) is 95.6 cm³/mol. The average molecular weight is 345 g/mol. The molecule has 2 aromatic heterocycles. The number of anilines is 1. The number of carbonyl (C=O) groups excluding carboxylic acids is 1. The van der Waals surface area contributed by atoms with Crippen LogP contribution in [0.1, 0.15) is 47.2 Å². The van der Waals surface area contributed by atoms with Crippen LogP contribution >= 0.6 is 11.5 Å². The molecule has 128 valence electrons. The van der Waals surface area contributed by atoms with Gasteiger partial charge in [-0.05, 0) is 49.9 Å². The minimum Gasteiger partial charge on any atom is -0.355 e. The molecular weight excluding hydrogens is 322 g/mol. The second-order valence-electron chi connectivity index (χ2n) is 6.19. The van der Waals surface area contributed by atoms with E-state index in [2.05, 4.69) is 31.7 Å². The van der Waals surface area contributed by atoms with E-state index in [1.54, 1.807) is 0 Å². The number of pyridine rings is 1. The normalized spacial score (nSPS) is 17.8. The van der Waals surface area contributed by atoms with Crippen molar-refractivity contribution in [2.45, 2.75) is 45.6 Å². The SMILES string of the molecule is CCCc1nnsc1C(=O)N[C@H]1CCCN(c2cccc(C)n2)C1. The lowest BCUT2D eigenvalue weighted by molar-refractivity contribution is 0.0936. The summed E-state index contributed by atoms with van der Waals surface area (Å²) in [5, 5.41) is 7.24. The van der Waals surface area contributed by atoms with Gasteiger partial charge in [0.2, 0.25) is 0 Å². The van der Waals surface area contributed by atoms with Crippen molar-refractivity contribution in [1.29, 1.82) is 0 Å². The number of aryl methyl sites for hydroxylation is 2. The first-order valence-electron chi connectivity index (χ1n) is 8.48. The van der Waals surface area contributed by atoms with Crippen molar-refractivity contribution in [3.05, 3.63) is 34.5 Å². The molecule has 0 aliphatic carbocycles. The molecule has 0 saturated carbocycles. The Morgan fingerprint density at radius 3 is 3.12 bits per heavy atom. The van der Waals surface area contributed by atoms with Gasteiger partial charge in [-0.1, -0.05) is 23.9 Å². The number of carbonyl (C=O) groups is 1. The van der Waals surface area contributed by atoms with E-state index in [9.17, 15) is 4.79 Å². The number of nitrogens with zero attached hydrogens (tertiary/aromatic N) is 4. The highest BCUT2D eigenvalue weighted by Crippen LogP contribution is 2.19. The van der Waals surface area contributed by atoms with E-state index in [0.717, 1.165) is 56.0 Å². The molecule has 0 spiro atoms. The Morgan fingerprint density at radius 1 is 1.46 bits per heavy atom. The van der Waals surface area contributed by atoms with Gasteiger partial charge in [0.1, 0.15) is 10.7 Å². The summed E-state index contributed by atoms with van der Waals surface area (Å²) in [7, 11) is 0. The summed E-state index contributed by atoms with van der Waals surface area (Å²) in [5.74, 6) is 0.942. The zero-order valence-electron chi connectivity index (χ0n) is 14.2. The van der Waals surface area contributed by atoms with Crippen molar-refractivity contribution in [2.24, 2.45) is 0 Å². The van der Waals surface area contributed by atoms with Crippen LogP contribution < -0.4 is 10.2 Å². The van der Waals surface area contributed by atoms with E-state index < -0.39 is 0 Å². The quantitative estimate of drug-likeness (QED) is 0.902. The van der Waals surface area contributed by atoms with Crippen molar-refractivity contribution >= 4 is 23.3 Å². The monoisotopic (exact) mass is 345 g/mol. The van der Waals surface area contributed by atoms with Gasteiger partial charge < -0.3 is 10.2 Å². The Balaban J connectivity index is 1.65. The van der Waals surface area contributed by atoms with Gasteiger partial charge in [-0.2, -0.15) is 0 Å². The first kappa shape index (κ1) is 16.8. The van der Waals surface area contributed by atoms with Crippen LogP contribution in [0.3, 0.4) is 0 Å². The van der Waals surface area contributed by atoms with Crippen LogP contribution in [-0.2, 0) is 6.42 Å². The maximum absolute atomic E-state index is 12.6. The number of hydrogen-bond donors (Lipinski definition) is 1. The van der Waals surface area contributed by atoms with Crippen molar-refractivity contribution in [3.63, 3.8) is 0 Å². The topological polar surface area (TPSA) is 71.0 Å². The average Bonchev–Trinajstić information content (AvgIpc) is 3.04. The molecule has 0 radical (unpaired) electrons. The van der Waals surface area contributed by atoms with E-state index in [1.165, 1.54) is 11.5 Å². The first-order valence-corrected chi connectivity index (χ1v) is 9.25. The Hall–Kier alpha value is -2.02. The van der Waals surface area contributed by atoms with E-state index in [0.29, 0.717) is 4.88 Å². The highest BCUT2D eigenvalue weighted by atomic mass is 32.1. The molecule has 24 heavy (non-hydrogen) atoms. The minimum atomic E-state index is -0.0440. The van der Waals surface area contributed by atoms with Crippen molar-refractivity contribution in [1.82, 2.24) is 19.9 Å². The third-order valence-electron chi connectivity index (χ3n) is 4.20. The maximum Gasteiger partial charge on any atom is 0.265 e. The molecule has 1 atom stereocenters. The third-order valence-corrected chi connectivity index (χ3v) is 4.97. The van der Waals surface area contributed by atoms with E-state index in [4.69, 9.17) is 0 Å². The van der Waals surface area contributed by atoms with Gasteiger partial charge in [0.25, 0.3) is 5.91 Å². The third kappa shape index (κ3) is 3.90. The van der Waals surface area contributed by atoms with Crippen LogP contribution in [0.2, 0.25) is 0 Å². The predicted octanol–water partition coefficient (Wildman–Crippen LogP) is 2.59. The van der Waals surface area contributed by atoms with Gasteiger partial charge in [0.05, 0.1) is 5.69 Å². The zero-order chi connectivity index (χ0) is 16.9. The molecule has 3 heterocycles. The lowest BCUT2D eigenvalue weighted by Gasteiger charge is -2.34. The second-order valence-corrected chi connectivity index (χ2v) is 6.95. The molecule has 1 fully saturated rings. The summed E-state index contributed by atoms with van der Waals surface area (Å²) in [4.78, 5) is 20.1. The van der Waals surface area contributed by atoms with E-state index in [-0.39, 0.29) is 11.9 Å². The molecule has 0 aromatic carbocycles. The van der Waals surface area contributed by atoms with Gasteiger partial charge in [0, 0.05) is 24.8 Å². The maximum atomic E-state index is 12.6. The molecule has 0 unspecified atom stereocenters. The number of aromatic nitrogens is 3. The summed E-state index contributed by atoms with van der Waals surface area (Å²) in [6.45, 7) is 5.84. The zero-order valence-corrected chi connectivity index (χ0v) is 15.0. The molecule has 7 heteroatoms. The number of rotatable bonds is 5. The Bertz CT molecular complexity index is 702. The van der Waals surface area contributed by atoms with Gasteiger partial charge in [-0.25, -0.2) is 4.98 Å². The first-order chi connectivity index (χ1) is 11.7. The van der Waals surface area contributed by atoms with Crippen LogP contribution in [0.4, 0.5) is 5.82 Å². The smallest absolute Gasteiger partial charge is 0.265 e. The fraction of sp³-hybridized carbons (Fsp3) is 0.529. The molecule has 1 N–H and O–H groups in total. The largest absolute Gasteiger partial charge is 0.355 e. The number of hydrogen-bond acceptors (Lipinski definition) is 6. The fourth-order valence-electron chi connectivity index (χ4n) is 3.04. The molecule has 1 amide bonds. The van der Waals surface area contributed by atoms with Crippen LogP contribution in [0.5, 0.6) is 0 Å². The molecule has 3 rings (SSSR count). The second kappa shape index (κ2) is 7.70. The summed E-state index contributed by atoms with van der Waals surface area (Å²) in [5.41, 5.74) is 1.83. The molecule has 6 nitrogen and oxygen atoms in total. The lowest BCUT2D eigenvalue weighted by Crippen LogP contribution is -2.48. The summed E-state index contributed by atoms with van der Waals surface area (Å²) < 4.78 is 3.94. The van der Waals surface area contributed by atoms with E-state index >= 15 is 0 Å². The van der Waals surface area contributed by atoms with Gasteiger partial charge in [-0.15, -0.1) is 5.10 Å².